The molecule has 0 fully saturated rings. The van der Waals surface area contributed by atoms with E-state index in [4.69, 9.17) is 4.74 Å². The Morgan fingerprint density at radius 2 is 1.85 bits per heavy atom. The van der Waals surface area contributed by atoms with E-state index in [2.05, 4.69) is 16.2 Å². The van der Waals surface area contributed by atoms with Crippen LogP contribution < -0.4 is 5.32 Å². The first-order valence-corrected chi connectivity index (χ1v) is 10.7. The van der Waals surface area contributed by atoms with Crippen LogP contribution in [-0.2, 0) is 16.1 Å². The Bertz CT molecular complexity index is 1280. The van der Waals surface area contributed by atoms with E-state index in [1.165, 1.54) is 25.3 Å². The fraction of sp³-hybridized carbons (Fsp3) is 0.192. The fourth-order valence-corrected chi connectivity index (χ4v) is 3.40. The number of nitrogens with zero attached hydrogens (tertiary/aromatic N) is 2. The van der Waals surface area contributed by atoms with Gasteiger partial charge in [0.15, 0.2) is 0 Å². The van der Waals surface area contributed by atoms with Gasteiger partial charge in [-0.1, -0.05) is 55.5 Å². The number of ether oxygens (including phenoxy) is 1. The molecule has 0 aromatic heterocycles. The number of anilines is 1. The van der Waals surface area contributed by atoms with Gasteiger partial charge < -0.3 is 10.1 Å². The lowest BCUT2D eigenvalue weighted by molar-refractivity contribution is -0.384. The smallest absolute Gasteiger partial charge is 0.465 e. The van der Waals surface area contributed by atoms with Crippen molar-refractivity contribution >= 4 is 23.3 Å². The van der Waals surface area contributed by atoms with Crippen LogP contribution in [0.5, 0.6) is 0 Å². The number of para-hydroxylation sites is 1. The summed E-state index contributed by atoms with van der Waals surface area (Å²) < 4.78 is 4.77. The molecule has 0 saturated heterocycles. The summed E-state index contributed by atoms with van der Waals surface area (Å²) in [6, 6.07) is 22.3. The highest BCUT2D eigenvalue weighted by Gasteiger charge is 2.22. The Labute approximate surface area is 197 Å². The van der Waals surface area contributed by atoms with Crippen LogP contribution in [0.2, 0.25) is 0 Å². The molecule has 0 aliphatic carbocycles. The molecule has 8 nitrogen and oxygen atoms in total. The van der Waals surface area contributed by atoms with Gasteiger partial charge in [-0.25, -0.2) is 9.59 Å². The third-order valence-electron chi connectivity index (χ3n) is 5.05. The first kappa shape index (κ1) is 24.1. The highest BCUT2D eigenvalue weighted by Crippen LogP contribution is 2.30. The van der Waals surface area contributed by atoms with Crippen molar-refractivity contribution in [2.24, 2.45) is 0 Å². The normalized spacial score (nSPS) is 10.1. The monoisotopic (exact) mass is 458 g/mol. The minimum Gasteiger partial charge on any atom is -0.465 e. The third kappa shape index (κ3) is 5.84. The van der Waals surface area contributed by atoms with E-state index in [0.29, 0.717) is 18.4 Å². The minimum atomic E-state index is -0.679. The van der Waals surface area contributed by atoms with Crippen LogP contribution in [0.15, 0.2) is 66.7 Å². The van der Waals surface area contributed by atoms with E-state index in [1.54, 1.807) is 0 Å². The largest absolute Gasteiger partial charge is 0.515 e. The molecule has 0 atom stereocenters. The Kier molecular flexibility index (Phi) is 8.08. The van der Waals surface area contributed by atoms with Gasteiger partial charge in [-0.2, -0.15) is 0 Å². The quantitative estimate of drug-likeness (QED) is 0.265. The van der Waals surface area contributed by atoms with Crippen LogP contribution >= 0.6 is 0 Å². The lowest BCUT2D eigenvalue weighted by atomic mass is 9.98. The number of nitrogens with one attached hydrogen (secondary N) is 1. The molecule has 8 heteroatoms. The van der Waals surface area contributed by atoms with Crippen molar-refractivity contribution in [1.82, 2.24) is 0 Å². The molecule has 3 aromatic rings. The predicted octanol–water partition coefficient (Wildman–Crippen LogP) is 5.67. The van der Waals surface area contributed by atoms with Gasteiger partial charge in [0.25, 0.3) is 5.69 Å². The van der Waals surface area contributed by atoms with Crippen molar-refractivity contribution in [3.63, 3.8) is 0 Å². The lowest BCUT2D eigenvalue weighted by Gasteiger charge is -2.12. The fourth-order valence-electron chi connectivity index (χ4n) is 3.40. The highest BCUT2D eigenvalue weighted by molar-refractivity contribution is 5.98. The molecule has 3 aromatic carbocycles. The van der Waals surface area contributed by atoms with Crippen molar-refractivity contribution in [2.45, 2.75) is 26.3 Å². The summed E-state index contributed by atoms with van der Waals surface area (Å²) in [5, 5.41) is 14.5. The first-order chi connectivity index (χ1) is 16.4. The van der Waals surface area contributed by atoms with Crippen molar-refractivity contribution in [2.75, 3.05) is 12.4 Å². The number of hydrogen-bond acceptors (Lipinski definition) is 6. The number of esters is 1. The number of benzene rings is 3. The topological polar surface area (TPSA) is 103 Å². The second-order valence-corrected chi connectivity index (χ2v) is 7.42. The second kappa shape index (κ2) is 11.4. The summed E-state index contributed by atoms with van der Waals surface area (Å²) in [6.07, 6.45) is 1.03. The predicted molar refractivity (Wildman–Crippen MR) is 130 cm³/mol. The molecule has 172 valence electrons. The van der Waals surface area contributed by atoms with E-state index in [1.807, 2.05) is 55.5 Å². The Balaban J connectivity index is 1.98. The van der Waals surface area contributed by atoms with Gasteiger partial charge in [0.1, 0.15) is 11.3 Å². The van der Waals surface area contributed by atoms with Crippen molar-refractivity contribution in [3.05, 3.63) is 98.4 Å². The summed E-state index contributed by atoms with van der Waals surface area (Å²) in [5.41, 5.74) is 3.06. The summed E-state index contributed by atoms with van der Waals surface area (Å²) in [6.45, 7) is 2.09. The van der Waals surface area contributed by atoms with Gasteiger partial charge in [-0.3, -0.25) is 10.1 Å². The van der Waals surface area contributed by atoms with Crippen LogP contribution in [0, 0.1) is 16.2 Å². The number of carbonyl (C=O) groups is 2. The average Bonchev–Trinajstić information content (AvgIpc) is 2.86. The van der Waals surface area contributed by atoms with Gasteiger partial charge >= 0.3 is 17.9 Å². The number of amides is 1. The summed E-state index contributed by atoms with van der Waals surface area (Å²) in [5.74, 6) is -0.936. The third-order valence-corrected chi connectivity index (χ3v) is 5.05. The van der Waals surface area contributed by atoms with E-state index in [9.17, 15) is 19.7 Å². The lowest BCUT2D eigenvalue weighted by Crippen LogP contribution is -2.10. The number of methoxy groups -OCH3 is 1. The summed E-state index contributed by atoms with van der Waals surface area (Å²) >= 11 is 0. The zero-order chi connectivity index (χ0) is 24.5. The SMILES string of the molecule is CCCC(=O)[N+]#Cc1cc(CNc2c(C(=O)OC)cccc2[N+](=O)[O-])ccc1-c1ccccc1. The van der Waals surface area contributed by atoms with E-state index in [0.717, 1.165) is 16.7 Å². The number of hydrogen-bond donors (Lipinski definition) is 1. The zero-order valence-electron chi connectivity index (χ0n) is 18.9. The Morgan fingerprint density at radius 1 is 1.09 bits per heavy atom. The number of nitro groups is 1. The maximum Gasteiger partial charge on any atom is 0.515 e. The van der Waals surface area contributed by atoms with Crippen LogP contribution in [-0.4, -0.2) is 23.9 Å². The van der Waals surface area contributed by atoms with Crippen molar-refractivity contribution < 1.29 is 19.2 Å². The molecule has 0 unspecified atom stereocenters. The molecule has 1 amide bonds. The van der Waals surface area contributed by atoms with Crippen molar-refractivity contribution in [3.8, 4) is 17.2 Å². The van der Waals surface area contributed by atoms with Crippen molar-refractivity contribution in [1.29, 1.82) is 0 Å². The molecular weight excluding hydrogens is 434 g/mol. The van der Waals surface area contributed by atoms with Crippen LogP contribution in [0.1, 0.15) is 41.3 Å². The van der Waals surface area contributed by atoms with Gasteiger partial charge in [0.05, 0.1) is 24.0 Å². The van der Waals surface area contributed by atoms with E-state index >= 15 is 0 Å². The molecular formula is C26H24N3O5+. The van der Waals surface area contributed by atoms with Crippen LogP contribution in [0.4, 0.5) is 11.4 Å². The number of nitro benzene ring substituents is 1. The molecule has 0 heterocycles. The van der Waals surface area contributed by atoms with Gasteiger partial charge in [0.2, 0.25) is 0 Å². The molecule has 0 bridgehead atoms. The second-order valence-electron chi connectivity index (χ2n) is 7.42. The highest BCUT2D eigenvalue weighted by atomic mass is 16.6. The molecule has 34 heavy (non-hydrogen) atoms. The van der Waals surface area contributed by atoms with Gasteiger partial charge in [-0.15, -0.1) is 0 Å². The maximum atomic E-state index is 12.1. The minimum absolute atomic E-state index is 0.0658. The van der Waals surface area contributed by atoms with E-state index in [-0.39, 0.29) is 29.4 Å². The van der Waals surface area contributed by atoms with E-state index < -0.39 is 10.9 Å². The van der Waals surface area contributed by atoms with Gasteiger partial charge in [0, 0.05) is 23.0 Å². The molecule has 0 saturated carbocycles. The standard InChI is InChI=1S/C26H23N3O5/c1-3-8-24(30)27-17-20-15-18(13-14-21(20)19-9-5-4-6-10-19)16-28-25-22(26(31)34-2)11-7-12-23(25)29(32)33/h4-7,9-15H,3,8,16H2,1-2H3/p+1. The summed E-state index contributed by atoms with van der Waals surface area (Å²) in [7, 11) is 1.22. The molecule has 0 radical (unpaired) electrons. The van der Waals surface area contributed by atoms with Crippen LogP contribution in [0.3, 0.4) is 0 Å². The Morgan fingerprint density at radius 3 is 2.53 bits per heavy atom. The molecule has 1 N–H and O–H groups in total. The Hall–Kier alpha value is -4.51. The van der Waals surface area contributed by atoms with Gasteiger partial charge in [-0.05, 0) is 29.7 Å². The molecule has 3 rings (SSSR count). The molecule has 0 spiro atoms. The number of carbonyl (C=O) groups excluding carboxylic acids is 2. The molecule has 0 aliphatic rings. The zero-order valence-corrected chi connectivity index (χ0v) is 18.9. The molecule has 0 aliphatic heterocycles. The number of rotatable bonds is 8. The van der Waals surface area contributed by atoms with Crippen LogP contribution in [0.25, 0.3) is 16.0 Å². The summed E-state index contributed by atoms with van der Waals surface area (Å²) in [4.78, 5) is 39.0. The first-order valence-electron chi connectivity index (χ1n) is 10.7. The average molecular weight is 458 g/mol. The maximum absolute atomic E-state index is 12.1.